The fourth-order valence-electron chi connectivity index (χ4n) is 5.62. The lowest BCUT2D eigenvalue weighted by atomic mass is 9.93. The van der Waals surface area contributed by atoms with Crippen molar-refractivity contribution in [1.29, 1.82) is 0 Å². The normalized spacial score (nSPS) is 11.9. The van der Waals surface area contributed by atoms with Crippen LogP contribution in [0.25, 0.3) is 0 Å². The summed E-state index contributed by atoms with van der Waals surface area (Å²) in [5.41, 5.74) is 0.963. The van der Waals surface area contributed by atoms with E-state index < -0.39 is 36.0 Å². The van der Waals surface area contributed by atoms with Crippen LogP contribution in [0.5, 0.6) is 23.0 Å². The van der Waals surface area contributed by atoms with Crippen LogP contribution >= 0.6 is 12.4 Å². The molecule has 53 heavy (non-hydrogen) atoms. The summed E-state index contributed by atoms with van der Waals surface area (Å²) >= 11 is 0. The zero-order chi connectivity index (χ0) is 38.3. The maximum atomic E-state index is 14.2. The molecule has 0 radical (unpaired) electrons. The predicted octanol–water partition coefficient (Wildman–Crippen LogP) is 8.84. The Morgan fingerprint density at radius 2 is 0.755 bits per heavy atom. The highest BCUT2D eigenvalue weighted by Crippen LogP contribution is 2.36. The highest BCUT2D eigenvalue weighted by Gasteiger charge is 2.30. The first-order valence-corrected chi connectivity index (χ1v) is 19.1. The van der Waals surface area contributed by atoms with Crippen molar-refractivity contribution in [3.8, 4) is 23.0 Å². The van der Waals surface area contributed by atoms with Gasteiger partial charge in [0.25, 0.3) is 0 Å². The minimum atomic E-state index is -0.889. The standard InChI is InChI=1S/C41H60N2O9.ClH/c1-7-11-15-19-35(44)49-31-25-23-29(27-33(31)51-37(46)21-17-13-9-3)39(42-5)41(48)40(43-6)30-24-26-32(50-36(45)20-16-12-8-2)34(28-30)52-38(47)22-18-14-10-4;/h23-28,39-40,42-43H,7-22H2,1-6H3;1H. The summed E-state index contributed by atoms with van der Waals surface area (Å²) in [6.45, 7) is 8.17. The number of ether oxygens (including phenoxy) is 4. The van der Waals surface area contributed by atoms with Gasteiger partial charge in [-0.25, -0.2) is 0 Å². The van der Waals surface area contributed by atoms with Gasteiger partial charge in [0.05, 0.1) is 12.1 Å². The van der Waals surface area contributed by atoms with E-state index in [1.165, 1.54) is 12.1 Å². The number of hydrogen-bond acceptors (Lipinski definition) is 11. The number of benzene rings is 2. The molecule has 2 aromatic rings. The Hall–Kier alpha value is -3.80. The van der Waals surface area contributed by atoms with Gasteiger partial charge in [0.1, 0.15) is 0 Å². The molecule has 0 amide bonds. The van der Waals surface area contributed by atoms with Gasteiger partial charge in [0, 0.05) is 25.7 Å². The summed E-state index contributed by atoms with van der Waals surface area (Å²) in [7, 11) is 3.27. The van der Waals surface area contributed by atoms with E-state index in [0.717, 1.165) is 51.4 Å². The quantitative estimate of drug-likeness (QED) is 0.0539. The van der Waals surface area contributed by atoms with Crippen LogP contribution in [-0.4, -0.2) is 43.8 Å². The molecular formula is C41H61ClN2O9. The van der Waals surface area contributed by atoms with E-state index in [-0.39, 0.29) is 66.9 Å². The number of rotatable bonds is 26. The van der Waals surface area contributed by atoms with Gasteiger partial charge in [-0.15, -0.1) is 12.4 Å². The van der Waals surface area contributed by atoms with Gasteiger partial charge in [0.15, 0.2) is 28.8 Å². The Kier molecular flexibility index (Phi) is 24.0. The molecule has 0 saturated heterocycles. The molecular weight excluding hydrogens is 700 g/mol. The molecule has 2 rings (SSSR count). The van der Waals surface area contributed by atoms with Crippen molar-refractivity contribution in [3.05, 3.63) is 47.5 Å². The highest BCUT2D eigenvalue weighted by molar-refractivity contribution is 5.91. The Labute approximate surface area is 322 Å². The number of hydrogen-bond donors (Lipinski definition) is 2. The third-order valence-corrected chi connectivity index (χ3v) is 8.58. The molecule has 0 heterocycles. The van der Waals surface area contributed by atoms with E-state index in [9.17, 15) is 24.0 Å². The van der Waals surface area contributed by atoms with Crippen molar-refractivity contribution in [2.24, 2.45) is 0 Å². The van der Waals surface area contributed by atoms with Gasteiger partial charge in [-0.3, -0.25) is 24.0 Å². The summed E-state index contributed by atoms with van der Waals surface area (Å²) in [5, 5.41) is 6.13. The van der Waals surface area contributed by atoms with Gasteiger partial charge in [-0.2, -0.15) is 0 Å². The first-order valence-electron chi connectivity index (χ1n) is 19.1. The molecule has 2 aromatic carbocycles. The van der Waals surface area contributed by atoms with Crippen molar-refractivity contribution in [2.75, 3.05) is 14.1 Å². The molecule has 2 unspecified atom stereocenters. The van der Waals surface area contributed by atoms with Crippen molar-refractivity contribution in [2.45, 2.75) is 143 Å². The van der Waals surface area contributed by atoms with Crippen LogP contribution in [0.15, 0.2) is 36.4 Å². The van der Waals surface area contributed by atoms with Crippen molar-refractivity contribution in [3.63, 3.8) is 0 Å². The number of unbranched alkanes of at least 4 members (excludes halogenated alkanes) is 8. The van der Waals surface area contributed by atoms with Gasteiger partial charge >= 0.3 is 23.9 Å². The largest absolute Gasteiger partial charge is 0.423 e. The Morgan fingerprint density at radius 3 is 1.02 bits per heavy atom. The smallest absolute Gasteiger partial charge is 0.311 e. The molecule has 2 atom stereocenters. The minimum Gasteiger partial charge on any atom is -0.423 e. The summed E-state index contributed by atoms with van der Waals surface area (Å²) in [4.78, 5) is 65.0. The first kappa shape index (κ1) is 47.2. The number of carbonyl (C=O) groups is 5. The second kappa shape index (κ2) is 26.9. The van der Waals surface area contributed by atoms with Gasteiger partial charge < -0.3 is 29.6 Å². The molecule has 12 heteroatoms. The summed E-state index contributed by atoms with van der Waals surface area (Å²) in [5.74, 6) is -1.76. The summed E-state index contributed by atoms with van der Waals surface area (Å²) in [6, 6.07) is 7.69. The topological polar surface area (TPSA) is 146 Å². The fourth-order valence-corrected chi connectivity index (χ4v) is 5.62. The number of likely N-dealkylation sites (N-methyl/N-ethyl adjacent to an activating group) is 2. The maximum Gasteiger partial charge on any atom is 0.311 e. The zero-order valence-electron chi connectivity index (χ0n) is 32.5. The minimum absolute atomic E-state index is 0. The molecule has 0 spiro atoms. The molecule has 11 nitrogen and oxygen atoms in total. The predicted molar refractivity (Wildman–Crippen MR) is 208 cm³/mol. The Morgan fingerprint density at radius 1 is 0.472 bits per heavy atom. The van der Waals surface area contributed by atoms with Crippen LogP contribution in [0.2, 0.25) is 0 Å². The summed E-state index contributed by atoms with van der Waals surface area (Å²) < 4.78 is 22.6. The van der Waals surface area contributed by atoms with Crippen LogP contribution in [0.3, 0.4) is 0 Å². The number of esters is 4. The monoisotopic (exact) mass is 760 g/mol. The van der Waals surface area contributed by atoms with Crippen LogP contribution < -0.4 is 29.6 Å². The van der Waals surface area contributed by atoms with Crippen LogP contribution in [0, 0.1) is 0 Å². The number of ketones is 1. The summed E-state index contributed by atoms with van der Waals surface area (Å²) in [6.07, 6.45) is 10.9. The maximum absolute atomic E-state index is 14.2. The van der Waals surface area contributed by atoms with Gasteiger partial charge in [0.2, 0.25) is 0 Å². The van der Waals surface area contributed by atoms with Crippen LogP contribution in [0.4, 0.5) is 0 Å². The molecule has 0 aliphatic rings. The van der Waals surface area contributed by atoms with Gasteiger partial charge in [-0.1, -0.05) is 91.2 Å². The average molecular weight is 761 g/mol. The second-order valence-corrected chi connectivity index (χ2v) is 13.0. The highest BCUT2D eigenvalue weighted by atomic mass is 35.5. The third kappa shape index (κ3) is 16.8. The molecule has 0 bridgehead atoms. The Bertz CT molecular complexity index is 1340. The lowest BCUT2D eigenvalue weighted by molar-refractivity contribution is -0.137. The van der Waals surface area contributed by atoms with E-state index in [1.807, 2.05) is 27.7 Å². The Balaban J connectivity index is 0.0000140. The molecule has 0 aromatic heterocycles. The van der Waals surface area contributed by atoms with E-state index >= 15 is 0 Å². The fraction of sp³-hybridized carbons (Fsp3) is 0.585. The van der Waals surface area contributed by atoms with E-state index in [2.05, 4.69) is 10.6 Å². The van der Waals surface area contributed by atoms with Crippen molar-refractivity contribution in [1.82, 2.24) is 10.6 Å². The van der Waals surface area contributed by atoms with Gasteiger partial charge in [-0.05, 0) is 75.2 Å². The number of nitrogens with one attached hydrogen (secondary N) is 2. The zero-order valence-corrected chi connectivity index (χ0v) is 33.3. The number of carbonyl (C=O) groups excluding carboxylic acids is 5. The first-order chi connectivity index (χ1) is 25.1. The molecule has 2 N–H and O–H groups in total. The van der Waals surface area contributed by atoms with Crippen molar-refractivity contribution >= 4 is 42.1 Å². The SMILES string of the molecule is CCCCCC(=O)Oc1ccc(C(NC)C(=O)C(NC)c2ccc(OC(=O)CCCCC)c(OC(=O)CCCCC)c2)cc1OC(=O)CCCCC.Cl. The second-order valence-electron chi connectivity index (χ2n) is 13.0. The lowest BCUT2D eigenvalue weighted by Gasteiger charge is -2.24. The van der Waals surface area contributed by atoms with Crippen LogP contribution in [0.1, 0.15) is 154 Å². The number of Topliss-reactive ketones (excluding diaryl/α,β-unsaturated/α-hetero) is 1. The lowest BCUT2D eigenvalue weighted by Crippen LogP contribution is -2.35. The van der Waals surface area contributed by atoms with Crippen LogP contribution in [-0.2, 0) is 24.0 Å². The number of halogens is 1. The molecule has 296 valence electrons. The molecule has 0 saturated carbocycles. The molecule has 0 aliphatic heterocycles. The van der Waals surface area contributed by atoms with Crippen molar-refractivity contribution < 1.29 is 42.9 Å². The van der Waals surface area contributed by atoms with E-state index in [4.69, 9.17) is 18.9 Å². The third-order valence-electron chi connectivity index (χ3n) is 8.58. The van der Waals surface area contributed by atoms with E-state index in [1.54, 1.807) is 38.4 Å². The molecule has 0 fully saturated rings. The average Bonchev–Trinajstić information content (AvgIpc) is 3.11. The van der Waals surface area contributed by atoms with E-state index in [0.29, 0.717) is 36.8 Å². The molecule has 0 aliphatic carbocycles.